The maximum absolute atomic E-state index is 13.1. The minimum absolute atomic E-state index is 0.0260. The molecule has 1 amide bonds. The minimum atomic E-state index is -0.0260. The normalized spacial score (nSPS) is 16.0. The Morgan fingerprint density at radius 1 is 1.32 bits per heavy atom. The highest BCUT2D eigenvalue weighted by Gasteiger charge is 2.35. The highest BCUT2D eigenvalue weighted by Crippen LogP contribution is 2.29. The summed E-state index contributed by atoms with van der Waals surface area (Å²) in [6.45, 7) is 14.6. The van der Waals surface area contributed by atoms with E-state index in [1.807, 2.05) is 69.9 Å². The summed E-state index contributed by atoms with van der Waals surface area (Å²) in [7, 11) is 0. The van der Waals surface area contributed by atoms with E-state index in [1.54, 1.807) is 12.3 Å². The number of rotatable bonds is 6. The van der Waals surface area contributed by atoms with E-state index in [1.165, 1.54) is 6.20 Å². The molecular weight excluding hydrogens is 386 g/mol. The van der Waals surface area contributed by atoms with Crippen molar-refractivity contribution in [2.24, 2.45) is 5.73 Å². The van der Waals surface area contributed by atoms with E-state index in [4.69, 9.17) is 11.1 Å². The smallest absolute Gasteiger partial charge is 0.256 e. The fourth-order valence-electron chi connectivity index (χ4n) is 3.20. The van der Waals surface area contributed by atoms with Crippen LogP contribution in [0.3, 0.4) is 0 Å². The number of aromatic nitrogens is 2. The lowest BCUT2D eigenvalue weighted by Crippen LogP contribution is -2.51. The zero-order chi connectivity index (χ0) is 23.4. The Morgan fingerprint density at radius 2 is 2.03 bits per heavy atom. The van der Waals surface area contributed by atoms with Gasteiger partial charge in [0.05, 0.1) is 17.3 Å². The van der Waals surface area contributed by atoms with Gasteiger partial charge in [0.15, 0.2) is 0 Å². The molecule has 3 rings (SSSR count). The Balaban J connectivity index is 0.00000113. The largest absolute Gasteiger partial charge is 0.404 e. The van der Waals surface area contributed by atoms with Crippen molar-refractivity contribution in [3.8, 4) is 0 Å². The third-order valence-corrected chi connectivity index (χ3v) is 4.78. The average molecular weight is 422 g/mol. The number of H-pyrrole nitrogens is 1. The van der Waals surface area contributed by atoms with Gasteiger partial charge in [-0.05, 0) is 31.1 Å². The molecule has 1 fully saturated rings. The van der Waals surface area contributed by atoms with E-state index in [2.05, 4.69) is 16.5 Å². The number of fused-ring (bicyclic) bond motifs is 1. The molecule has 2 aromatic rings. The van der Waals surface area contributed by atoms with Gasteiger partial charge in [-0.3, -0.25) is 4.79 Å². The van der Waals surface area contributed by atoms with Gasteiger partial charge in [0, 0.05) is 36.1 Å². The molecule has 1 unspecified atom stereocenters. The van der Waals surface area contributed by atoms with Crippen LogP contribution in [0.2, 0.25) is 0 Å². The number of nitrogens with two attached hydrogens (primary N) is 1. The third kappa shape index (κ3) is 5.60. The number of allylic oxidation sites excluding steroid dienone is 4. The molecule has 1 atom stereocenters. The number of nitrogens with zero attached hydrogens (tertiary/aromatic N) is 2. The van der Waals surface area contributed by atoms with Crippen LogP contribution in [-0.2, 0) is 0 Å². The van der Waals surface area contributed by atoms with E-state index in [9.17, 15) is 4.79 Å². The van der Waals surface area contributed by atoms with Gasteiger partial charge in [0.1, 0.15) is 5.65 Å². The van der Waals surface area contributed by atoms with Crippen molar-refractivity contribution in [2.45, 2.75) is 47.1 Å². The van der Waals surface area contributed by atoms with Gasteiger partial charge >= 0.3 is 0 Å². The lowest BCUT2D eigenvalue weighted by molar-refractivity contribution is 0.0540. The van der Waals surface area contributed by atoms with Crippen LogP contribution in [0.15, 0.2) is 61.0 Å². The van der Waals surface area contributed by atoms with Gasteiger partial charge in [-0.2, -0.15) is 0 Å². The minimum Gasteiger partial charge on any atom is -0.404 e. The number of hydrogen-bond donors (Lipinski definition) is 3. The highest BCUT2D eigenvalue weighted by atomic mass is 16.2. The van der Waals surface area contributed by atoms with Gasteiger partial charge in [-0.15, -0.1) is 0 Å². The van der Waals surface area contributed by atoms with Crippen LogP contribution in [0, 0.1) is 5.41 Å². The van der Waals surface area contributed by atoms with E-state index >= 15 is 0 Å². The molecule has 0 saturated carbocycles. The standard InChI is InChI=1S/C21H23N5O.2C2H6/c1-3-5-6-14(4-2)19-9-10-26(19)21(27)17-13-24-20-16(17)7-8-18(25-20)15(11-22)12-23;2*1-2/h3-8,11-13,19,22H,2,9-10,23H2,1H3,(H,24,25);2*1-2H3/b5-3-,14-6+,15-12+,22-11?;;. The summed E-state index contributed by atoms with van der Waals surface area (Å²) in [5.74, 6) is -0.0260. The number of hydrogen-bond acceptors (Lipinski definition) is 4. The van der Waals surface area contributed by atoms with Crippen molar-refractivity contribution >= 4 is 28.7 Å². The van der Waals surface area contributed by atoms with Gasteiger partial charge in [0.2, 0.25) is 0 Å². The number of pyridine rings is 1. The Labute approximate surface area is 185 Å². The maximum Gasteiger partial charge on any atom is 0.256 e. The van der Waals surface area contributed by atoms with Crippen LogP contribution in [-0.4, -0.2) is 39.6 Å². The molecule has 1 saturated heterocycles. The molecular formula is C25H35N5O. The monoisotopic (exact) mass is 421 g/mol. The number of likely N-dealkylation sites (tertiary alicyclic amines) is 1. The first kappa shape index (κ1) is 25.6. The number of nitrogens with one attached hydrogen (secondary N) is 2. The van der Waals surface area contributed by atoms with E-state index in [0.717, 1.165) is 30.1 Å². The van der Waals surface area contributed by atoms with Gasteiger partial charge < -0.3 is 21.0 Å². The van der Waals surface area contributed by atoms with Crippen LogP contribution in [0.1, 0.15) is 57.1 Å². The number of amides is 1. The Kier molecular flexibility index (Phi) is 10.8. The van der Waals surface area contributed by atoms with Crippen molar-refractivity contribution in [2.75, 3.05) is 6.54 Å². The first-order chi connectivity index (χ1) is 15.1. The van der Waals surface area contributed by atoms with Crippen molar-refractivity contribution in [1.29, 1.82) is 5.41 Å². The molecule has 1 aliphatic heterocycles. The molecule has 3 heterocycles. The van der Waals surface area contributed by atoms with Gasteiger partial charge in [-0.25, -0.2) is 4.98 Å². The molecule has 0 bridgehead atoms. The van der Waals surface area contributed by atoms with E-state index < -0.39 is 0 Å². The molecule has 0 aliphatic carbocycles. The number of aromatic amines is 1. The summed E-state index contributed by atoms with van der Waals surface area (Å²) >= 11 is 0. The summed E-state index contributed by atoms with van der Waals surface area (Å²) < 4.78 is 0. The molecule has 6 nitrogen and oxygen atoms in total. The summed E-state index contributed by atoms with van der Waals surface area (Å²) in [6.07, 6.45) is 12.8. The summed E-state index contributed by atoms with van der Waals surface area (Å²) in [5.41, 5.74) is 8.87. The molecule has 0 aromatic carbocycles. The Hall–Kier alpha value is -3.41. The van der Waals surface area contributed by atoms with Crippen molar-refractivity contribution in [3.05, 3.63) is 72.2 Å². The fraction of sp³-hybridized carbons (Fsp3) is 0.320. The Bertz CT molecular complexity index is 981. The van der Waals surface area contributed by atoms with Crippen LogP contribution in [0.5, 0.6) is 0 Å². The summed E-state index contributed by atoms with van der Waals surface area (Å²) in [5, 5.41) is 8.15. The molecule has 2 aromatic heterocycles. The van der Waals surface area contributed by atoms with Gasteiger partial charge in [0.25, 0.3) is 5.91 Å². The molecule has 166 valence electrons. The number of carbonyl (C=O) groups is 1. The summed E-state index contributed by atoms with van der Waals surface area (Å²) in [4.78, 5) is 22.5. The zero-order valence-corrected chi connectivity index (χ0v) is 19.3. The predicted molar refractivity (Wildman–Crippen MR) is 132 cm³/mol. The first-order valence-corrected chi connectivity index (χ1v) is 10.8. The van der Waals surface area contributed by atoms with Crippen molar-refractivity contribution in [1.82, 2.24) is 14.9 Å². The quantitative estimate of drug-likeness (QED) is 0.426. The van der Waals surface area contributed by atoms with Crippen molar-refractivity contribution in [3.63, 3.8) is 0 Å². The third-order valence-electron chi connectivity index (χ3n) is 4.78. The highest BCUT2D eigenvalue weighted by molar-refractivity contribution is 6.09. The topological polar surface area (TPSA) is 98.9 Å². The molecule has 0 spiro atoms. The lowest BCUT2D eigenvalue weighted by Gasteiger charge is -2.41. The SMILES string of the molecule is C=C/C(=C\C=C/C)C1CCN1C(=O)c1c[nH]c2nc(/C(C=N)=C/N)ccc12.CC.CC. The van der Waals surface area contributed by atoms with Crippen LogP contribution in [0.25, 0.3) is 16.6 Å². The second kappa shape index (κ2) is 13.0. The Morgan fingerprint density at radius 3 is 2.55 bits per heavy atom. The van der Waals surface area contributed by atoms with Crippen molar-refractivity contribution < 1.29 is 4.79 Å². The van der Waals surface area contributed by atoms with E-state index in [0.29, 0.717) is 22.5 Å². The average Bonchev–Trinajstić information content (AvgIpc) is 3.22. The number of carbonyl (C=O) groups excluding carboxylic acids is 1. The molecule has 0 radical (unpaired) electrons. The molecule has 1 aliphatic rings. The van der Waals surface area contributed by atoms with Gasteiger partial charge in [-0.1, -0.05) is 58.6 Å². The van der Waals surface area contributed by atoms with Crippen LogP contribution >= 0.6 is 0 Å². The molecule has 4 N–H and O–H groups in total. The van der Waals surface area contributed by atoms with E-state index in [-0.39, 0.29) is 11.9 Å². The predicted octanol–water partition coefficient (Wildman–Crippen LogP) is 5.47. The first-order valence-electron chi connectivity index (χ1n) is 10.8. The van der Waals surface area contributed by atoms with Crippen LogP contribution < -0.4 is 5.73 Å². The second-order valence-electron chi connectivity index (χ2n) is 6.26. The fourth-order valence-corrected chi connectivity index (χ4v) is 3.20. The summed E-state index contributed by atoms with van der Waals surface area (Å²) in [6, 6.07) is 3.66. The molecule has 31 heavy (non-hydrogen) atoms. The maximum atomic E-state index is 13.1. The molecule has 6 heteroatoms. The van der Waals surface area contributed by atoms with Crippen LogP contribution in [0.4, 0.5) is 0 Å². The zero-order valence-electron chi connectivity index (χ0n) is 19.3. The lowest BCUT2D eigenvalue weighted by atomic mass is 9.93. The second-order valence-corrected chi connectivity index (χ2v) is 6.26.